The van der Waals surface area contributed by atoms with Crippen LogP contribution in [0, 0.1) is 6.92 Å². The molecule has 0 spiro atoms. The van der Waals surface area contributed by atoms with E-state index in [0.29, 0.717) is 29.6 Å². The Hall–Kier alpha value is -3.26. The Balaban J connectivity index is 1.38. The number of methoxy groups -OCH3 is 2. The summed E-state index contributed by atoms with van der Waals surface area (Å²) in [7, 11) is 3.22. The van der Waals surface area contributed by atoms with Crippen molar-refractivity contribution < 1.29 is 14.3 Å². The number of hydrogen-bond acceptors (Lipinski definition) is 6. The van der Waals surface area contributed by atoms with Crippen LogP contribution in [0.3, 0.4) is 0 Å². The third-order valence-electron chi connectivity index (χ3n) is 5.05. The molecule has 0 saturated heterocycles. The highest BCUT2D eigenvalue weighted by Gasteiger charge is 2.13. The maximum absolute atomic E-state index is 12.4. The summed E-state index contributed by atoms with van der Waals surface area (Å²) < 4.78 is 12.6. The third kappa shape index (κ3) is 4.44. The van der Waals surface area contributed by atoms with Gasteiger partial charge in [-0.25, -0.2) is 0 Å². The SMILES string of the molecule is COc1ccc(CCNC(=O)CSc2nnc3c(C)cc4ccccc4n23)cc1OC. The summed E-state index contributed by atoms with van der Waals surface area (Å²) >= 11 is 1.39. The van der Waals surface area contributed by atoms with E-state index in [1.807, 2.05) is 47.7 Å². The lowest BCUT2D eigenvalue weighted by Gasteiger charge is -2.10. The number of thioether (sulfide) groups is 1. The molecule has 7 nitrogen and oxygen atoms in total. The van der Waals surface area contributed by atoms with E-state index in [9.17, 15) is 4.79 Å². The number of fused-ring (bicyclic) bond motifs is 3. The zero-order chi connectivity index (χ0) is 21.8. The highest BCUT2D eigenvalue weighted by atomic mass is 32.2. The standard InChI is InChI=1S/C23H24N4O3S/c1-15-12-17-6-4-5-7-18(17)27-22(15)25-26-23(27)31-14-21(28)24-11-10-16-8-9-19(29-2)20(13-16)30-3/h4-9,12-13H,10-11,14H2,1-3H3,(H,24,28). The fourth-order valence-corrected chi connectivity index (χ4v) is 4.29. The van der Waals surface area contributed by atoms with Crippen molar-refractivity contribution in [3.05, 3.63) is 59.7 Å². The minimum absolute atomic E-state index is 0.0424. The van der Waals surface area contributed by atoms with Gasteiger partial charge in [0, 0.05) is 6.54 Å². The average Bonchev–Trinajstić information content (AvgIpc) is 3.22. The number of aromatic nitrogens is 3. The maximum Gasteiger partial charge on any atom is 0.230 e. The zero-order valence-corrected chi connectivity index (χ0v) is 18.5. The number of carbonyl (C=O) groups excluding carboxylic acids is 1. The summed E-state index contributed by atoms with van der Waals surface area (Å²) in [5.74, 6) is 1.60. The molecular weight excluding hydrogens is 412 g/mol. The molecule has 1 amide bonds. The van der Waals surface area contributed by atoms with Gasteiger partial charge in [0.25, 0.3) is 0 Å². The quantitative estimate of drug-likeness (QED) is 0.425. The van der Waals surface area contributed by atoms with Crippen molar-refractivity contribution >= 4 is 34.2 Å². The molecule has 4 rings (SSSR count). The van der Waals surface area contributed by atoms with Crippen LogP contribution in [0.2, 0.25) is 0 Å². The van der Waals surface area contributed by atoms with E-state index in [1.54, 1.807) is 14.2 Å². The number of benzene rings is 2. The van der Waals surface area contributed by atoms with Gasteiger partial charge in [0.1, 0.15) is 0 Å². The second-order valence-corrected chi connectivity index (χ2v) is 8.05. The van der Waals surface area contributed by atoms with E-state index in [0.717, 1.165) is 27.7 Å². The molecular formula is C23H24N4O3S. The largest absolute Gasteiger partial charge is 0.493 e. The first-order chi connectivity index (χ1) is 15.1. The van der Waals surface area contributed by atoms with Crippen LogP contribution in [0.5, 0.6) is 11.5 Å². The summed E-state index contributed by atoms with van der Waals surface area (Å²) in [6.07, 6.45) is 0.703. The van der Waals surface area contributed by atoms with E-state index >= 15 is 0 Å². The highest BCUT2D eigenvalue weighted by Crippen LogP contribution is 2.28. The minimum atomic E-state index is -0.0424. The van der Waals surface area contributed by atoms with Crippen LogP contribution in [0.4, 0.5) is 0 Å². The molecule has 8 heteroatoms. The summed E-state index contributed by atoms with van der Waals surface area (Å²) in [5, 5.41) is 13.4. The molecule has 0 atom stereocenters. The number of hydrogen-bond donors (Lipinski definition) is 1. The molecule has 0 fully saturated rings. The monoisotopic (exact) mass is 436 g/mol. The Bertz CT molecular complexity index is 1240. The lowest BCUT2D eigenvalue weighted by molar-refractivity contribution is -0.118. The molecule has 0 bridgehead atoms. The van der Waals surface area contributed by atoms with Crippen LogP contribution in [0.15, 0.2) is 53.7 Å². The number of carbonyl (C=O) groups is 1. The van der Waals surface area contributed by atoms with Gasteiger partial charge in [0.15, 0.2) is 22.3 Å². The van der Waals surface area contributed by atoms with Crippen LogP contribution < -0.4 is 14.8 Å². The van der Waals surface area contributed by atoms with Crippen molar-refractivity contribution in [2.75, 3.05) is 26.5 Å². The number of nitrogens with one attached hydrogen (secondary N) is 1. The molecule has 1 N–H and O–H groups in total. The number of rotatable bonds is 8. The van der Waals surface area contributed by atoms with Crippen molar-refractivity contribution in [1.82, 2.24) is 19.9 Å². The van der Waals surface area contributed by atoms with Crippen LogP contribution >= 0.6 is 11.8 Å². The lowest BCUT2D eigenvalue weighted by atomic mass is 10.1. The van der Waals surface area contributed by atoms with E-state index in [2.05, 4.69) is 27.6 Å². The van der Waals surface area contributed by atoms with Crippen LogP contribution in [-0.2, 0) is 11.2 Å². The first-order valence-corrected chi connectivity index (χ1v) is 10.9. The maximum atomic E-state index is 12.4. The fraction of sp³-hybridized carbons (Fsp3) is 0.261. The molecule has 0 aliphatic rings. The van der Waals surface area contributed by atoms with Gasteiger partial charge in [-0.3, -0.25) is 9.20 Å². The number of para-hydroxylation sites is 1. The van der Waals surface area contributed by atoms with Crippen LogP contribution in [0.1, 0.15) is 11.1 Å². The Morgan fingerprint density at radius 3 is 2.68 bits per heavy atom. The number of aryl methyl sites for hydroxylation is 1. The number of amides is 1. The molecule has 0 saturated carbocycles. The van der Waals surface area contributed by atoms with Crippen molar-refractivity contribution in [1.29, 1.82) is 0 Å². The van der Waals surface area contributed by atoms with E-state index in [-0.39, 0.29) is 11.7 Å². The lowest BCUT2D eigenvalue weighted by Crippen LogP contribution is -2.27. The molecule has 2 aromatic carbocycles. The minimum Gasteiger partial charge on any atom is -0.493 e. The Labute approximate surface area is 184 Å². The molecule has 31 heavy (non-hydrogen) atoms. The van der Waals surface area contributed by atoms with Crippen LogP contribution in [0.25, 0.3) is 16.6 Å². The smallest absolute Gasteiger partial charge is 0.230 e. The molecule has 4 aromatic rings. The fourth-order valence-electron chi connectivity index (χ4n) is 3.51. The van der Waals surface area contributed by atoms with Crippen LogP contribution in [-0.4, -0.2) is 47.0 Å². The summed E-state index contributed by atoms with van der Waals surface area (Å²) in [6, 6.07) is 16.0. The molecule has 2 aromatic heterocycles. The Morgan fingerprint density at radius 2 is 1.87 bits per heavy atom. The molecule has 0 aliphatic carbocycles. The molecule has 0 radical (unpaired) electrons. The highest BCUT2D eigenvalue weighted by molar-refractivity contribution is 7.99. The predicted molar refractivity (Wildman–Crippen MR) is 122 cm³/mol. The van der Waals surface area contributed by atoms with E-state index in [1.165, 1.54) is 11.8 Å². The zero-order valence-electron chi connectivity index (χ0n) is 17.7. The summed E-state index contributed by atoms with van der Waals surface area (Å²) in [6.45, 7) is 2.56. The van der Waals surface area contributed by atoms with Gasteiger partial charge in [0.2, 0.25) is 5.91 Å². The van der Waals surface area contributed by atoms with Gasteiger partial charge in [-0.05, 0) is 54.1 Å². The van der Waals surface area contributed by atoms with Gasteiger partial charge < -0.3 is 14.8 Å². The van der Waals surface area contributed by atoms with Crippen molar-refractivity contribution in [2.45, 2.75) is 18.5 Å². The second kappa shape index (κ2) is 9.26. The van der Waals surface area contributed by atoms with Crippen molar-refractivity contribution in [3.63, 3.8) is 0 Å². The van der Waals surface area contributed by atoms with Gasteiger partial charge in [-0.15, -0.1) is 10.2 Å². The number of nitrogens with zero attached hydrogens (tertiary/aromatic N) is 3. The van der Waals surface area contributed by atoms with Gasteiger partial charge in [0.05, 0.1) is 25.5 Å². The molecule has 2 heterocycles. The van der Waals surface area contributed by atoms with Gasteiger partial charge >= 0.3 is 0 Å². The molecule has 0 unspecified atom stereocenters. The first kappa shape index (κ1) is 21.0. The third-order valence-corrected chi connectivity index (χ3v) is 5.98. The molecule has 160 valence electrons. The van der Waals surface area contributed by atoms with Gasteiger partial charge in [-0.2, -0.15) is 0 Å². The Kier molecular flexibility index (Phi) is 6.27. The first-order valence-electron chi connectivity index (χ1n) is 9.94. The second-order valence-electron chi connectivity index (χ2n) is 7.11. The summed E-state index contributed by atoms with van der Waals surface area (Å²) in [5.41, 5.74) is 3.97. The van der Waals surface area contributed by atoms with E-state index < -0.39 is 0 Å². The number of ether oxygens (including phenoxy) is 2. The van der Waals surface area contributed by atoms with Crippen molar-refractivity contribution in [2.24, 2.45) is 0 Å². The Morgan fingerprint density at radius 1 is 1.06 bits per heavy atom. The topological polar surface area (TPSA) is 77.8 Å². The normalized spacial score (nSPS) is 11.1. The van der Waals surface area contributed by atoms with Crippen molar-refractivity contribution in [3.8, 4) is 11.5 Å². The predicted octanol–water partition coefficient (Wildman–Crippen LogP) is 3.66. The van der Waals surface area contributed by atoms with Gasteiger partial charge in [-0.1, -0.05) is 36.0 Å². The molecule has 0 aliphatic heterocycles. The van der Waals surface area contributed by atoms with E-state index in [4.69, 9.17) is 9.47 Å². The average molecular weight is 437 g/mol. The number of pyridine rings is 1. The summed E-state index contributed by atoms with van der Waals surface area (Å²) in [4.78, 5) is 12.4.